The molecule has 5 nitrogen and oxygen atoms in total. The van der Waals surface area contributed by atoms with Gasteiger partial charge in [-0.05, 0) is 5.53 Å². The monoisotopic (exact) mass is 229 g/mol. The zero-order valence-electron chi connectivity index (χ0n) is 8.39. The highest BCUT2D eigenvalue weighted by Gasteiger charge is 2.19. The molecule has 1 rings (SSSR count). The maximum atomic E-state index is 13.4. The Hall–Kier alpha value is -1.85. The third-order valence-electron chi connectivity index (χ3n) is 1.99. The molecule has 0 radical (unpaired) electrons. The lowest BCUT2D eigenvalue weighted by atomic mass is 10.1. The van der Waals surface area contributed by atoms with E-state index >= 15 is 0 Å². The van der Waals surface area contributed by atoms with E-state index in [4.69, 9.17) is 10.6 Å². The van der Waals surface area contributed by atoms with Gasteiger partial charge in [0.1, 0.15) is 17.4 Å². The van der Waals surface area contributed by atoms with Gasteiger partial charge >= 0.3 is 0 Å². The third kappa shape index (κ3) is 2.39. The summed E-state index contributed by atoms with van der Waals surface area (Å²) in [7, 11) is 1.27. The Morgan fingerprint density at radius 2 is 2.06 bits per heavy atom. The molecule has 0 aliphatic heterocycles. The molecule has 86 valence electrons. The minimum atomic E-state index is -1.28. The van der Waals surface area contributed by atoms with E-state index in [2.05, 4.69) is 14.8 Å². The van der Waals surface area contributed by atoms with E-state index in [-0.39, 0.29) is 5.75 Å². The van der Waals surface area contributed by atoms with E-state index in [1.165, 1.54) is 7.11 Å². The van der Waals surface area contributed by atoms with Crippen LogP contribution in [-0.4, -0.2) is 18.8 Å². The van der Waals surface area contributed by atoms with Crippen molar-refractivity contribution in [2.45, 2.75) is 6.04 Å². The lowest BCUT2D eigenvalue weighted by Crippen LogP contribution is -2.06. The van der Waals surface area contributed by atoms with Crippen LogP contribution in [0.3, 0.4) is 0 Å². The highest BCUT2D eigenvalue weighted by Crippen LogP contribution is 2.27. The van der Waals surface area contributed by atoms with Gasteiger partial charge < -0.3 is 9.84 Å². The molecule has 0 bridgehead atoms. The maximum absolute atomic E-state index is 13.4. The number of aliphatic hydroxyl groups is 1. The van der Waals surface area contributed by atoms with Crippen molar-refractivity contribution in [2.24, 2.45) is 5.11 Å². The van der Waals surface area contributed by atoms with Crippen LogP contribution in [0.25, 0.3) is 10.4 Å². The fraction of sp³-hybridized carbons (Fsp3) is 0.333. The van der Waals surface area contributed by atoms with Gasteiger partial charge in [0.25, 0.3) is 0 Å². The van der Waals surface area contributed by atoms with Crippen molar-refractivity contribution >= 4 is 0 Å². The topological polar surface area (TPSA) is 78.2 Å². The highest BCUT2D eigenvalue weighted by molar-refractivity contribution is 5.32. The average Bonchev–Trinajstić information content (AvgIpc) is 2.26. The minimum Gasteiger partial charge on any atom is -0.497 e. The second kappa shape index (κ2) is 5.29. The third-order valence-corrected chi connectivity index (χ3v) is 1.99. The predicted molar refractivity (Wildman–Crippen MR) is 51.9 cm³/mol. The van der Waals surface area contributed by atoms with Gasteiger partial charge in [0.05, 0.1) is 19.8 Å². The van der Waals surface area contributed by atoms with Crippen LogP contribution in [0.4, 0.5) is 8.78 Å². The van der Waals surface area contributed by atoms with Gasteiger partial charge in [-0.15, -0.1) is 0 Å². The number of hydrogen-bond acceptors (Lipinski definition) is 3. The zero-order valence-corrected chi connectivity index (χ0v) is 8.39. The molecule has 0 saturated carbocycles. The maximum Gasteiger partial charge on any atom is 0.133 e. The zero-order chi connectivity index (χ0) is 12.1. The highest BCUT2D eigenvalue weighted by atomic mass is 19.1. The van der Waals surface area contributed by atoms with Crippen LogP contribution in [0.1, 0.15) is 11.6 Å². The molecule has 0 aliphatic rings. The fourth-order valence-corrected chi connectivity index (χ4v) is 1.25. The number of benzene rings is 1. The summed E-state index contributed by atoms with van der Waals surface area (Å²) in [5.74, 6) is -1.84. The Morgan fingerprint density at radius 1 is 1.50 bits per heavy atom. The first-order chi connectivity index (χ1) is 7.63. The van der Waals surface area contributed by atoms with E-state index in [0.29, 0.717) is 0 Å². The van der Waals surface area contributed by atoms with Gasteiger partial charge in [-0.2, -0.15) is 0 Å². The summed E-state index contributed by atoms with van der Waals surface area (Å²) in [5.41, 5.74) is 7.72. The SMILES string of the molecule is COc1cc(F)c(C(CO)N=[N+]=[N-])c(F)c1. The molecule has 0 heterocycles. The smallest absolute Gasteiger partial charge is 0.133 e. The number of azide groups is 1. The van der Waals surface area contributed by atoms with E-state index in [1.807, 2.05) is 0 Å². The second-order valence-electron chi connectivity index (χ2n) is 2.91. The van der Waals surface area contributed by atoms with Gasteiger partial charge in [-0.3, -0.25) is 0 Å². The van der Waals surface area contributed by atoms with Gasteiger partial charge in [0, 0.05) is 22.6 Å². The first-order valence-corrected chi connectivity index (χ1v) is 4.32. The number of rotatable bonds is 4. The number of nitrogens with zero attached hydrogens (tertiary/aromatic N) is 3. The molecule has 1 unspecified atom stereocenters. The number of aliphatic hydroxyl groups excluding tert-OH is 1. The Labute approximate surface area is 89.9 Å². The molecule has 0 spiro atoms. The largest absolute Gasteiger partial charge is 0.497 e. The number of halogens is 2. The predicted octanol–water partition coefficient (Wildman–Crippen LogP) is 2.32. The molecular weight excluding hydrogens is 220 g/mol. The van der Waals surface area contributed by atoms with Crippen molar-refractivity contribution < 1.29 is 18.6 Å². The molecule has 0 aliphatic carbocycles. The van der Waals surface area contributed by atoms with Gasteiger partial charge in [-0.25, -0.2) is 8.78 Å². The van der Waals surface area contributed by atoms with Crippen molar-refractivity contribution in [2.75, 3.05) is 13.7 Å². The Morgan fingerprint density at radius 3 is 2.44 bits per heavy atom. The van der Waals surface area contributed by atoms with E-state index in [1.54, 1.807) is 0 Å². The van der Waals surface area contributed by atoms with Crippen molar-refractivity contribution in [3.05, 3.63) is 39.8 Å². The summed E-state index contributed by atoms with van der Waals surface area (Å²) in [4.78, 5) is 2.41. The van der Waals surface area contributed by atoms with Crippen molar-refractivity contribution in [1.29, 1.82) is 0 Å². The number of methoxy groups -OCH3 is 1. The summed E-state index contributed by atoms with van der Waals surface area (Å²) in [6.45, 7) is -0.676. The van der Waals surface area contributed by atoms with E-state index < -0.39 is 29.8 Å². The summed E-state index contributed by atoms with van der Waals surface area (Å²) in [6.07, 6.45) is 0. The van der Waals surface area contributed by atoms with Crippen LogP contribution in [0.15, 0.2) is 17.2 Å². The van der Waals surface area contributed by atoms with E-state index in [0.717, 1.165) is 12.1 Å². The lowest BCUT2D eigenvalue weighted by Gasteiger charge is -2.11. The second-order valence-corrected chi connectivity index (χ2v) is 2.91. The molecule has 1 aromatic carbocycles. The molecule has 16 heavy (non-hydrogen) atoms. The molecule has 1 aromatic rings. The Kier molecular flexibility index (Phi) is 4.04. The fourth-order valence-electron chi connectivity index (χ4n) is 1.25. The minimum absolute atomic E-state index is 0.0105. The standard InChI is InChI=1S/C9H9F2N3O2/c1-16-5-2-6(10)9(7(11)3-5)8(4-15)13-14-12/h2-3,8,15H,4H2,1H3. The van der Waals surface area contributed by atoms with Crippen molar-refractivity contribution in [3.8, 4) is 5.75 Å². The van der Waals surface area contributed by atoms with Crippen LogP contribution in [0.2, 0.25) is 0 Å². The molecule has 7 heteroatoms. The summed E-state index contributed by atoms with van der Waals surface area (Å²) in [6, 6.07) is 0.623. The lowest BCUT2D eigenvalue weighted by molar-refractivity contribution is 0.261. The Bertz CT molecular complexity index is 410. The summed E-state index contributed by atoms with van der Waals surface area (Å²) >= 11 is 0. The van der Waals surface area contributed by atoms with Gasteiger partial charge in [0.2, 0.25) is 0 Å². The van der Waals surface area contributed by atoms with E-state index in [9.17, 15) is 8.78 Å². The summed E-state index contributed by atoms with van der Waals surface area (Å²) in [5, 5.41) is 12.0. The molecule has 1 atom stereocenters. The van der Waals surface area contributed by atoms with Crippen LogP contribution < -0.4 is 4.74 Å². The molecule has 0 fully saturated rings. The van der Waals surface area contributed by atoms with Crippen LogP contribution in [0.5, 0.6) is 5.75 Å². The summed E-state index contributed by atoms with van der Waals surface area (Å²) < 4.78 is 31.5. The van der Waals surface area contributed by atoms with Crippen LogP contribution in [-0.2, 0) is 0 Å². The molecule has 1 N–H and O–H groups in total. The average molecular weight is 229 g/mol. The number of hydrogen-bond donors (Lipinski definition) is 1. The number of ether oxygens (including phenoxy) is 1. The normalized spacial score (nSPS) is 11.8. The Balaban J connectivity index is 3.27. The van der Waals surface area contributed by atoms with Crippen molar-refractivity contribution in [1.82, 2.24) is 0 Å². The van der Waals surface area contributed by atoms with Gasteiger partial charge in [0.15, 0.2) is 0 Å². The van der Waals surface area contributed by atoms with Gasteiger partial charge in [-0.1, -0.05) is 5.11 Å². The van der Waals surface area contributed by atoms with Crippen molar-refractivity contribution in [3.63, 3.8) is 0 Å². The quantitative estimate of drug-likeness (QED) is 0.488. The molecule has 0 amide bonds. The molecule has 0 saturated heterocycles. The molecular formula is C9H9F2N3O2. The molecule has 0 aromatic heterocycles. The van der Waals surface area contributed by atoms with Crippen LogP contribution in [0, 0.1) is 11.6 Å². The first-order valence-electron chi connectivity index (χ1n) is 4.32. The first kappa shape index (κ1) is 12.2. The van der Waals surface area contributed by atoms with Crippen LogP contribution >= 0.6 is 0 Å².